The summed E-state index contributed by atoms with van der Waals surface area (Å²) in [6, 6.07) is 0. The van der Waals surface area contributed by atoms with Crippen molar-refractivity contribution < 1.29 is 44.9 Å². The van der Waals surface area contributed by atoms with E-state index in [0.717, 1.165) is 30.4 Å². The Hall–Kier alpha value is -1.33. The van der Waals surface area contributed by atoms with Crippen molar-refractivity contribution in [3.63, 3.8) is 0 Å². The third kappa shape index (κ3) is 5.09. The molecule has 3 aliphatic rings. The van der Waals surface area contributed by atoms with Crippen LogP contribution < -0.4 is 0 Å². The first-order valence-corrected chi connectivity index (χ1v) is 12.7. The molecule has 2 saturated carbocycles. The summed E-state index contributed by atoms with van der Waals surface area (Å²) < 4.78 is 11.2. The molecule has 1 aliphatic heterocycles. The van der Waals surface area contributed by atoms with Gasteiger partial charge in [-0.05, 0) is 67.8 Å². The molecule has 35 heavy (non-hydrogen) atoms. The molecule has 3 fully saturated rings. The van der Waals surface area contributed by atoms with Crippen LogP contribution in [-0.4, -0.2) is 87.1 Å². The molecule has 9 atom stereocenters. The zero-order chi connectivity index (χ0) is 26.0. The lowest BCUT2D eigenvalue weighted by atomic mass is 9.45. The quantitative estimate of drug-likeness (QED) is 0.210. The van der Waals surface area contributed by atoms with Gasteiger partial charge in [0, 0.05) is 0 Å². The van der Waals surface area contributed by atoms with Crippen molar-refractivity contribution in [2.24, 2.45) is 22.7 Å². The molecule has 0 aromatic heterocycles. The third-order valence-corrected chi connectivity index (χ3v) is 9.09. The summed E-state index contributed by atoms with van der Waals surface area (Å²) in [5, 5.41) is 59.1. The van der Waals surface area contributed by atoms with E-state index >= 15 is 0 Å². The molecule has 3 rings (SSSR count). The molecule has 0 radical (unpaired) electrons. The van der Waals surface area contributed by atoms with Crippen LogP contribution in [0.15, 0.2) is 23.8 Å². The van der Waals surface area contributed by atoms with E-state index in [0.29, 0.717) is 31.6 Å². The molecule has 0 bridgehead atoms. The number of aliphatic hydroxyl groups excluding tert-OH is 6. The summed E-state index contributed by atoms with van der Waals surface area (Å²) in [4.78, 5) is 13.9. The summed E-state index contributed by atoms with van der Waals surface area (Å²) in [6.45, 7) is 7.74. The van der Waals surface area contributed by atoms with Gasteiger partial charge >= 0.3 is 5.97 Å². The average molecular weight is 499 g/mol. The van der Waals surface area contributed by atoms with E-state index < -0.39 is 48.7 Å². The van der Waals surface area contributed by atoms with Crippen LogP contribution in [0.3, 0.4) is 0 Å². The monoisotopic (exact) mass is 498 g/mol. The largest absolute Gasteiger partial charge is 0.432 e. The van der Waals surface area contributed by atoms with Crippen LogP contribution in [0.5, 0.6) is 0 Å². The topological polar surface area (TPSA) is 157 Å². The van der Waals surface area contributed by atoms with Gasteiger partial charge < -0.3 is 40.1 Å². The van der Waals surface area contributed by atoms with Crippen LogP contribution in [0, 0.1) is 22.7 Å². The maximum atomic E-state index is 13.9. The second-order valence-electron chi connectivity index (χ2n) is 10.8. The fourth-order valence-corrected chi connectivity index (χ4v) is 6.59. The molecule has 1 heterocycles. The van der Waals surface area contributed by atoms with E-state index in [9.17, 15) is 35.4 Å². The molecule has 2 aliphatic carbocycles. The van der Waals surface area contributed by atoms with Crippen LogP contribution in [0.1, 0.15) is 58.8 Å². The van der Waals surface area contributed by atoms with Gasteiger partial charge in [-0.15, -0.1) is 0 Å². The van der Waals surface area contributed by atoms with E-state index in [-0.39, 0.29) is 24.5 Å². The van der Waals surface area contributed by atoms with E-state index in [2.05, 4.69) is 20.4 Å². The lowest BCUT2D eigenvalue weighted by Gasteiger charge is -2.58. The average Bonchev–Trinajstić information content (AvgIpc) is 2.84. The van der Waals surface area contributed by atoms with Gasteiger partial charge in [-0.2, -0.15) is 0 Å². The van der Waals surface area contributed by atoms with Crippen LogP contribution in [0.25, 0.3) is 0 Å². The smallest absolute Gasteiger partial charge is 0.318 e. The lowest BCUT2D eigenvalue weighted by Crippen LogP contribution is -2.61. The highest BCUT2D eigenvalue weighted by atomic mass is 16.7. The number of ether oxygens (including phenoxy) is 2. The summed E-state index contributed by atoms with van der Waals surface area (Å²) >= 11 is 0. The van der Waals surface area contributed by atoms with Crippen LogP contribution in [-0.2, 0) is 14.3 Å². The first-order valence-electron chi connectivity index (χ1n) is 12.7. The van der Waals surface area contributed by atoms with Gasteiger partial charge in [-0.25, -0.2) is 0 Å². The highest BCUT2D eigenvalue weighted by Crippen LogP contribution is 2.63. The molecule has 200 valence electrons. The maximum absolute atomic E-state index is 13.9. The van der Waals surface area contributed by atoms with E-state index in [1.807, 2.05) is 0 Å². The van der Waals surface area contributed by atoms with E-state index in [1.54, 1.807) is 6.08 Å². The highest BCUT2D eigenvalue weighted by Gasteiger charge is 2.61. The third-order valence-electron chi connectivity index (χ3n) is 9.09. The van der Waals surface area contributed by atoms with Crippen molar-refractivity contribution in [1.29, 1.82) is 0 Å². The molecule has 6 N–H and O–H groups in total. The minimum atomic E-state index is -1.66. The zero-order valence-electron chi connectivity index (χ0n) is 20.8. The summed E-state index contributed by atoms with van der Waals surface area (Å²) in [7, 11) is 0. The van der Waals surface area contributed by atoms with Gasteiger partial charge in [0.1, 0.15) is 24.4 Å². The van der Waals surface area contributed by atoms with Crippen molar-refractivity contribution in [3.8, 4) is 0 Å². The molecular weight excluding hydrogens is 456 g/mol. The molecule has 0 aromatic carbocycles. The molecule has 0 spiro atoms. The SMILES string of the molecule is C=C1CCC[C@H]2[C@@]1(C(=O)O[C@@H]1O[C@H](CO)[C@@H](O)[C@H](O)[C@H]1O)CC[C@@H](C)[C@]2(C)CC/C(=C/CO)CO. The van der Waals surface area contributed by atoms with Crippen molar-refractivity contribution >= 4 is 5.97 Å². The predicted octanol–water partition coefficient (Wildman–Crippen LogP) is 0.800. The van der Waals surface area contributed by atoms with Gasteiger partial charge in [-0.3, -0.25) is 4.79 Å². The summed E-state index contributed by atoms with van der Waals surface area (Å²) in [5.74, 6) is -0.366. The minimum absolute atomic E-state index is 0.0912. The molecule has 0 amide bonds. The Morgan fingerprint density at radius 2 is 1.89 bits per heavy atom. The van der Waals surface area contributed by atoms with E-state index in [4.69, 9.17) is 9.47 Å². The number of carbonyl (C=O) groups excluding carboxylic acids is 1. The van der Waals surface area contributed by atoms with Crippen molar-refractivity contribution in [1.82, 2.24) is 0 Å². The Kier molecular flexibility index (Phi) is 9.18. The summed E-state index contributed by atoms with van der Waals surface area (Å²) in [6.07, 6.45) is -0.921. The molecular formula is C26H42O9. The zero-order valence-corrected chi connectivity index (χ0v) is 20.8. The lowest BCUT2D eigenvalue weighted by molar-refractivity contribution is -0.297. The number of hydrogen-bond donors (Lipinski definition) is 6. The minimum Gasteiger partial charge on any atom is -0.432 e. The number of hydrogen-bond acceptors (Lipinski definition) is 9. The standard InChI is InChI=1S/C26H42O9/c1-15-7-11-26(24(33)35-23-22(32)21(31)20(30)18(14-29)34-23)16(2)5-4-6-19(26)25(15,3)10-8-17(13-28)9-12-27/h9,15,18-23,27-32H,2,4-8,10-14H2,1,3H3/b17-9-/t15-,18-,19-,20-,21+,22-,23+,25+,26-/m1/s1. The van der Waals surface area contributed by atoms with Crippen LogP contribution >= 0.6 is 0 Å². The second-order valence-corrected chi connectivity index (χ2v) is 10.8. The Morgan fingerprint density at radius 3 is 2.51 bits per heavy atom. The number of fused-ring (bicyclic) bond motifs is 1. The predicted molar refractivity (Wildman–Crippen MR) is 127 cm³/mol. The molecule has 9 heteroatoms. The Morgan fingerprint density at radius 1 is 1.17 bits per heavy atom. The van der Waals surface area contributed by atoms with Gasteiger partial charge in [0.15, 0.2) is 0 Å². The van der Waals surface area contributed by atoms with Gasteiger partial charge in [0.05, 0.1) is 25.2 Å². The number of aliphatic hydroxyl groups is 6. The second kappa shape index (κ2) is 11.4. The summed E-state index contributed by atoms with van der Waals surface area (Å²) in [5.41, 5.74) is 0.281. The Bertz CT molecular complexity index is 796. The number of carbonyl (C=O) groups is 1. The molecule has 1 saturated heterocycles. The maximum Gasteiger partial charge on any atom is 0.318 e. The van der Waals surface area contributed by atoms with Crippen molar-refractivity contribution in [2.45, 2.75) is 89.5 Å². The Labute approximate surface area is 207 Å². The van der Waals surface area contributed by atoms with Gasteiger partial charge in [0.2, 0.25) is 6.29 Å². The molecule has 0 unspecified atom stereocenters. The highest BCUT2D eigenvalue weighted by molar-refractivity contribution is 5.82. The first-order chi connectivity index (χ1) is 16.6. The fraction of sp³-hybridized carbons (Fsp3) is 0.808. The van der Waals surface area contributed by atoms with Crippen LogP contribution in [0.2, 0.25) is 0 Å². The van der Waals surface area contributed by atoms with Gasteiger partial charge in [0.25, 0.3) is 0 Å². The Balaban J connectivity index is 1.90. The first kappa shape index (κ1) is 28.2. The molecule has 0 aromatic rings. The van der Waals surface area contributed by atoms with E-state index in [1.165, 1.54) is 0 Å². The van der Waals surface area contributed by atoms with Gasteiger partial charge in [-0.1, -0.05) is 32.1 Å². The number of rotatable bonds is 8. The number of esters is 1. The molecule has 9 nitrogen and oxygen atoms in total. The van der Waals surface area contributed by atoms with Crippen molar-refractivity contribution in [3.05, 3.63) is 23.8 Å². The fourth-order valence-electron chi connectivity index (χ4n) is 6.59. The normalized spacial score (nSPS) is 42.5. The van der Waals surface area contributed by atoms with Crippen LogP contribution in [0.4, 0.5) is 0 Å². The van der Waals surface area contributed by atoms with Crippen molar-refractivity contribution in [2.75, 3.05) is 19.8 Å².